The quantitative estimate of drug-likeness (QED) is 0.150. The molecule has 0 aliphatic heterocycles. The largest absolute Gasteiger partial charge is 0.184 e. The van der Waals surface area contributed by atoms with E-state index in [2.05, 4.69) is 28.2 Å². The van der Waals surface area contributed by atoms with E-state index in [0.717, 1.165) is 19.3 Å². The maximum absolute atomic E-state index is 8.04. The molecule has 0 fully saturated rings. The Morgan fingerprint density at radius 3 is 2.47 bits per heavy atom. The van der Waals surface area contributed by atoms with E-state index in [9.17, 15) is 0 Å². The van der Waals surface area contributed by atoms with Gasteiger partial charge in [-0.2, -0.15) is 35.9 Å². The number of hydrogen-bond donors (Lipinski definition) is 0. The summed E-state index contributed by atoms with van der Waals surface area (Å²) in [6.45, 7) is 0.607. The topological polar surface area (TPSA) is 48.8 Å². The number of unbranched alkanes of at least 4 members (excludes halogenated alkanes) is 1. The minimum absolute atomic E-state index is 0. The van der Waals surface area contributed by atoms with Crippen LogP contribution >= 0.6 is 0 Å². The Balaban J connectivity index is 0. The van der Waals surface area contributed by atoms with Crippen molar-refractivity contribution in [3.63, 3.8) is 0 Å². The molecule has 0 aliphatic rings. The maximum atomic E-state index is 8.04. The van der Waals surface area contributed by atoms with Crippen molar-refractivity contribution in [2.75, 3.05) is 6.54 Å². The van der Waals surface area contributed by atoms with Gasteiger partial charge in [0.05, 0.1) is 0 Å². The number of rotatable bonds is 5. The third-order valence-corrected chi connectivity index (χ3v) is 1.82. The van der Waals surface area contributed by atoms with Gasteiger partial charge in [0.2, 0.25) is 0 Å². The van der Waals surface area contributed by atoms with Gasteiger partial charge in [-0.15, -0.1) is 0 Å². The van der Waals surface area contributed by atoms with Crippen LogP contribution in [0.2, 0.25) is 0 Å². The summed E-state index contributed by atoms with van der Waals surface area (Å²) < 4.78 is 0. The minimum Gasteiger partial charge on any atom is -0.184 e. The van der Waals surface area contributed by atoms with Crippen LogP contribution in [0, 0.1) is 6.07 Å². The predicted octanol–water partition coefficient (Wildman–Crippen LogP) is 3.12. The Morgan fingerprint density at radius 2 is 1.87 bits per heavy atom. The van der Waals surface area contributed by atoms with Gasteiger partial charge in [-0.05, 0) is 12.0 Å². The summed E-state index contributed by atoms with van der Waals surface area (Å²) in [4.78, 5) is 2.70. The molecule has 0 heterocycles. The van der Waals surface area contributed by atoms with Gasteiger partial charge < -0.3 is 0 Å². The Labute approximate surface area is 78.0 Å². The SMILES string of the molecule is [N-]=[N+]=NCCCCc1cc[c-]cc1.[No].[No]. The molecule has 0 spiro atoms. The first-order valence-electron chi connectivity index (χ1n) is 4.39. The van der Waals surface area contributed by atoms with Crippen molar-refractivity contribution in [3.05, 3.63) is 46.3 Å². The second-order valence-electron chi connectivity index (χ2n) is 2.82. The van der Waals surface area contributed by atoms with E-state index in [1.54, 1.807) is 0 Å². The van der Waals surface area contributed by atoms with Gasteiger partial charge in [0.1, 0.15) is 0 Å². The first-order valence-corrected chi connectivity index (χ1v) is 4.39. The molecule has 1 rings (SSSR count). The van der Waals surface area contributed by atoms with E-state index in [0.29, 0.717) is 6.54 Å². The van der Waals surface area contributed by atoms with E-state index in [1.807, 2.05) is 12.1 Å². The summed E-state index contributed by atoms with van der Waals surface area (Å²) in [5, 5.41) is 3.48. The van der Waals surface area contributed by atoms with Gasteiger partial charge in [0.25, 0.3) is 0 Å². The Morgan fingerprint density at radius 1 is 1.20 bits per heavy atom. The molecule has 3 nitrogen and oxygen atoms in total. The molecule has 0 aromatic heterocycles. The van der Waals surface area contributed by atoms with Crippen molar-refractivity contribution >= 4 is 0 Å². The summed E-state index contributed by atoms with van der Waals surface area (Å²) in [5.41, 5.74) is 9.36. The van der Waals surface area contributed by atoms with Gasteiger partial charge in [0, 0.05) is 11.5 Å². The van der Waals surface area contributed by atoms with Gasteiger partial charge in [0.15, 0.2) is 0 Å². The van der Waals surface area contributed by atoms with Crippen molar-refractivity contribution in [1.82, 2.24) is 0 Å². The molecule has 15 heavy (non-hydrogen) atoms. The number of azide groups is 1. The summed E-state index contributed by atoms with van der Waals surface area (Å²) in [5.74, 6) is 0. The van der Waals surface area contributed by atoms with E-state index in [-0.39, 0.29) is 0 Å². The average Bonchev–Trinajstić information content (AvgIpc) is 2.19. The van der Waals surface area contributed by atoms with Crippen LogP contribution in [-0.4, -0.2) is 6.54 Å². The number of benzene rings is 1. The van der Waals surface area contributed by atoms with Gasteiger partial charge in [-0.25, -0.2) is 0 Å². The van der Waals surface area contributed by atoms with Crippen LogP contribution in [0.1, 0.15) is 18.4 Å². The van der Waals surface area contributed by atoms with E-state index >= 15 is 0 Å². The van der Waals surface area contributed by atoms with Crippen LogP contribution in [0.5, 0.6) is 0 Å². The first-order chi connectivity index (χ1) is 6.43. The normalized spacial score (nSPS) is 8.00. The smallest absolute Gasteiger partial charge is 0.0258 e. The van der Waals surface area contributed by atoms with Crippen molar-refractivity contribution < 1.29 is 0 Å². The molecule has 0 saturated carbocycles. The molecular formula is C10H12N3No2-. The Bertz CT molecular complexity index is 284. The molecule has 1 aromatic carbocycles. The molecule has 0 saturated heterocycles. The molecule has 0 aliphatic carbocycles. The predicted molar refractivity (Wildman–Crippen MR) is 52.2 cm³/mol. The third kappa shape index (κ3) is 5.76. The fourth-order valence-electron chi connectivity index (χ4n) is 1.14. The van der Waals surface area contributed by atoms with Gasteiger partial charge >= 0.3 is 0 Å². The maximum Gasteiger partial charge on any atom is 0.0258 e. The second kappa shape index (κ2) is 8.62. The molecule has 0 N–H and O–H groups in total. The zero-order chi connectivity index (χ0) is 9.36. The number of aryl methyl sites for hydroxylation is 1. The molecule has 1 aromatic rings. The number of nitrogens with zero attached hydrogens (tertiary/aromatic N) is 3. The van der Waals surface area contributed by atoms with Crippen molar-refractivity contribution in [3.8, 4) is 0 Å². The first kappa shape index (κ1) is 14.1. The Kier molecular flexibility index (Phi) is 8.09. The van der Waals surface area contributed by atoms with Crippen LogP contribution in [0.4, 0.5) is 0 Å². The zero-order valence-electron chi connectivity index (χ0n) is 8.01. The van der Waals surface area contributed by atoms with E-state index in [4.69, 9.17) is 5.53 Å². The second-order valence-corrected chi connectivity index (χ2v) is 2.82. The van der Waals surface area contributed by atoms with E-state index < -0.39 is 0 Å². The standard InChI is InChI=1S/C10H12N3.2No/c11-13-12-9-5-4-8-10-6-2-1-3-7-10;;/h2-3,6-7H,4-5,8-9H2;;/q-1;;. The fourth-order valence-corrected chi connectivity index (χ4v) is 1.14. The molecule has 0 atom stereocenters. The minimum atomic E-state index is 0. The van der Waals surface area contributed by atoms with E-state index in [1.165, 1.54) is 5.56 Å². The summed E-state index contributed by atoms with van der Waals surface area (Å²) in [7, 11) is 0. The Hall–Kier alpha value is -3.47. The summed E-state index contributed by atoms with van der Waals surface area (Å²) >= 11 is 0. The molecule has 0 amide bonds. The molecule has 0 unspecified atom stereocenters. The van der Waals surface area contributed by atoms with Gasteiger partial charge in [-0.1, -0.05) is 18.0 Å². The van der Waals surface area contributed by atoms with Crippen molar-refractivity contribution in [2.45, 2.75) is 19.3 Å². The fraction of sp³-hybridized carbons (Fsp3) is 0.400. The van der Waals surface area contributed by atoms with Gasteiger partial charge in [-0.3, -0.25) is 0 Å². The molecule has 0 bridgehead atoms. The third-order valence-electron chi connectivity index (χ3n) is 1.82. The van der Waals surface area contributed by atoms with Crippen LogP contribution in [0.25, 0.3) is 10.4 Å². The molecule has 5 heteroatoms. The average molecular weight is 692 g/mol. The summed E-state index contributed by atoms with van der Waals surface area (Å²) in [6.07, 6.45) is 3.08. The van der Waals surface area contributed by atoms with Crippen molar-refractivity contribution in [2.24, 2.45) is 5.11 Å². The molecule has 96 valence electrons. The van der Waals surface area contributed by atoms with Crippen LogP contribution in [0.3, 0.4) is 0 Å². The number of hydrogen-bond acceptors (Lipinski definition) is 1. The zero-order valence-corrected chi connectivity index (χ0v) is 12.5. The van der Waals surface area contributed by atoms with Crippen LogP contribution < -0.4 is 0 Å². The van der Waals surface area contributed by atoms with Crippen molar-refractivity contribution in [1.29, 1.82) is 0 Å². The summed E-state index contributed by atoms with van der Waals surface area (Å²) in [6, 6.07) is 10.9. The molecular weight excluding hydrogens is 680 g/mol. The van der Waals surface area contributed by atoms with Crippen LogP contribution in [-0.2, 0) is 6.42 Å². The van der Waals surface area contributed by atoms with Crippen LogP contribution in [0.15, 0.2) is 29.4 Å². The monoisotopic (exact) mass is 692 g/mol. The molecule has 0 radical (unpaired) electrons.